The predicted octanol–water partition coefficient (Wildman–Crippen LogP) is 2.45. The van der Waals surface area contributed by atoms with Crippen LogP contribution in [0.25, 0.3) is 0 Å². The lowest BCUT2D eigenvalue weighted by atomic mass is 10.1. The maximum Gasteiger partial charge on any atom is 0.214 e. The van der Waals surface area contributed by atoms with E-state index in [4.69, 9.17) is 4.74 Å². The van der Waals surface area contributed by atoms with Gasteiger partial charge in [-0.05, 0) is 18.9 Å². The Balaban J connectivity index is 2.08. The molecule has 0 spiro atoms. The first-order valence-electron chi connectivity index (χ1n) is 5.19. The number of methoxy groups -OCH3 is 1. The number of halogens is 1. The van der Waals surface area contributed by atoms with Crippen molar-refractivity contribution in [2.75, 3.05) is 25.1 Å². The summed E-state index contributed by atoms with van der Waals surface area (Å²) >= 11 is 3.64. The first-order valence-corrected chi connectivity index (χ1v) is 6.11. The second-order valence-electron chi connectivity index (χ2n) is 3.70. The van der Waals surface area contributed by atoms with E-state index in [-0.39, 0.29) is 0 Å². The molecule has 1 aliphatic rings. The van der Waals surface area contributed by atoms with Crippen LogP contribution in [0.2, 0.25) is 0 Å². The summed E-state index contributed by atoms with van der Waals surface area (Å²) in [5, 5.41) is 0. The van der Waals surface area contributed by atoms with Crippen molar-refractivity contribution in [3.05, 3.63) is 18.2 Å². The van der Waals surface area contributed by atoms with Crippen LogP contribution in [0.4, 0.5) is 5.82 Å². The van der Waals surface area contributed by atoms with E-state index >= 15 is 0 Å². The number of nitrogens with zero attached hydrogens (tertiary/aromatic N) is 2. The Morgan fingerprint density at radius 3 is 2.80 bits per heavy atom. The van der Waals surface area contributed by atoms with Crippen molar-refractivity contribution in [3.8, 4) is 5.88 Å². The number of hydrogen-bond acceptors (Lipinski definition) is 3. The van der Waals surface area contributed by atoms with Crippen molar-refractivity contribution in [3.63, 3.8) is 0 Å². The number of aromatic nitrogens is 1. The number of piperidine rings is 1. The summed E-state index contributed by atoms with van der Waals surface area (Å²) in [7, 11) is 1.65. The normalized spacial score (nSPS) is 17.9. The zero-order chi connectivity index (χ0) is 10.7. The zero-order valence-electron chi connectivity index (χ0n) is 8.82. The molecule has 0 unspecified atom stereocenters. The van der Waals surface area contributed by atoms with Crippen LogP contribution in [0.15, 0.2) is 18.2 Å². The molecule has 15 heavy (non-hydrogen) atoms. The maximum absolute atomic E-state index is 5.12. The van der Waals surface area contributed by atoms with Crippen LogP contribution < -0.4 is 9.64 Å². The third kappa shape index (κ3) is 2.62. The van der Waals surface area contributed by atoms with E-state index in [0.29, 0.717) is 10.7 Å². The van der Waals surface area contributed by atoms with Crippen LogP contribution in [0.1, 0.15) is 12.8 Å². The first-order chi connectivity index (χ1) is 7.29. The molecule has 2 heterocycles. The SMILES string of the molecule is COc1cccc(N2CCC(Br)CC2)n1. The molecule has 2 rings (SSSR count). The second kappa shape index (κ2) is 4.84. The quantitative estimate of drug-likeness (QED) is 0.772. The van der Waals surface area contributed by atoms with Gasteiger partial charge in [0.05, 0.1) is 7.11 Å². The standard InChI is InChI=1S/C11H15BrN2O/c1-15-11-4-2-3-10(13-11)14-7-5-9(12)6-8-14/h2-4,9H,5-8H2,1H3. The molecule has 0 N–H and O–H groups in total. The van der Waals surface area contributed by atoms with Crippen molar-refractivity contribution in [2.45, 2.75) is 17.7 Å². The highest BCUT2D eigenvalue weighted by atomic mass is 79.9. The van der Waals surface area contributed by atoms with Gasteiger partial charge in [0.25, 0.3) is 0 Å². The fourth-order valence-electron chi connectivity index (χ4n) is 1.77. The van der Waals surface area contributed by atoms with Gasteiger partial charge in [-0.3, -0.25) is 0 Å². The average molecular weight is 271 g/mol. The molecule has 0 bridgehead atoms. The highest BCUT2D eigenvalue weighted by molar-refractivity contribution is 9.09. The summed E-state index contributed by atoms with van der Waals surface area (Å²) in [6, 6.07) is 5.90. The number of alkyl halides is 1. The largest absolute Gasteiger partial charge is 0.481 e. The summed E-state index contributed by atoms with van der Waals surface area (Å²) < 4.78 is 5.12. The van der Waals surface area contributed by atoms with E-state index in [1.165, 1.54) is 12.8 Å². The van der Waals surface area contributed by atoms with Crippen LogP contribution in [0.3, 0.4) is 0 Å². The topological polar surface area (TPSA) is 25.4 Å². The van der Waals surface area contributed by atoms with Crippen molar-refractivity contribution in [1.82, 2.24) is 4.98 Å². The molecule has 0 aromatic carbocycles. The van der Waals surface area contributed by atoms with Gasteiger partial charge in [-0.2, -0.15) is 4.98 Å². The van der Waals surface area contributed by atoms with E-state index in [2.05, 4.69) is 25.8 Å². The molecule has 1 fully saturated rings. The molecule has 0 amide bonds. The minimum absolute atomic E-state index is 0.666. The minimum atomic E-state index is 0.666. The lowest BCUT2D eigenvalue weighted by Gasteiger charge is -2.30. The minimum Gasteiger partial charge on any atom is -0.481 e. The molecule has 1 saturated heterocycles. The first kappa shape index (κ1) is 10.7. The van der Waals surface area contributed by atoms with E-state index in [9.17, 15) is 0 Å². The van der Waals surface area contributed by atoms with Gasteiger partial charge in [0.2, 0.25) is 5.88 Å². The molecule has 0 atom stereocenters. The third-order valence-electron chi connectivity index (χ3n) is 2.67. The summed E-state index contributed by atoms with van der Waals surface area (Å²) in [6.07, 6.45) is 2.36. The van der Waals surface area contributed by atoms with Gasteiger partial charge in [0.1, 0.15) is 5.82 Å². The average Bonchev–Trinajstić information content (AvgIpc) is 2.30. The second-order valence-corrected chi connectivity index (χ2v) is 4.99. The van der Waals surface area contributed by atoms with Gasteiger partial charge in [-0.25, -0.2) is 0 Å². The molecule has 0 radical (unpaired) electrons. The van der Waals surface area contributed by atoms with Crippen molar-refractivity contribution >= 4 is 21.7 Å². The molecular weight excluding hydrogens is 256 g/mol. The van der Waals surface area contributed by atoms with Crippen LogP contribution in [0, 0.1) is 0 Å². The molecule has 3 nitrogen and oxygen atoms in total. The highest BCUT2D eigenvalue weighted by Crippen LogP contribution is 2.23. The summed E-state index contributed by atoms with van der Waals surface area (Å²) in [5.41, 5.74) is 0. The molecule has 1 aliphatic heterocycles. The molecule has 0 aliphatic carbocycles. The Morgan fingerprint density at radius 1 is 1.40 bits per heavy atom. The Labute approximate surface area is 98.6 Å². The fraction of sp³-hybridized carbons (Fsp3) is 0.545. The highest BCUT2D eigenvalue weighted by Gasteiger charge is 2.17. The fourth-order valence-corrected chi connectivity index (χ4v) is 2.18. The van der Waals surface area contributed by atoms with Crippen LogP contribution in [-0.4, -0.2) is 30.0 Å². The lowest BCUT2D eigenvalue weighted by Crippen LogP contribution is -2.34. The van der Waals surface area contributed by atoms with Crippen LogP contribution in [0.5, 0.6) is 5.88 Å². The number of anilines is 1. The van der Waals surface area contributed by atoms with Gasteiger partial charge in [-0.1, -0.05) is 22.0 Å². The van der Waals surface area contributed by atoms with Crippen molar-refractivity contribution in [1.29, 1.82) is 0 Å². The smallest absolute Gasteiger partial charge is 0.214 e. The van der Waals surface area contributed by atoms with Gasteiger partial charge >= 0.3 is 0 Å². The zero-order valence-corrected chi connectivity index (χ0v) is 10.4. The number of hydrogen-bond donors (Lipinski definition) is 0. The number of ether oxygens (including phenoxy) is 1. The van der Waals surface area contributed by atoms with Gasteiger partial charge < -0.3 is 9.64 Å². The Kier molecular flexibility index (Phi) is 3.46. The summed E-state index contributed by atoms with van der Waals surface area (Å²) in [5.74, 6) is 1.71. The molecule has 0 saturated carbocycles. The maximum atomic E-state index is 5.12. The van der Waals surface area contributed by atoms with E-state index in [1.807, 2.05) is 18.2 Å². The Morgan fingerprint density at radius 2 is 2.13 bits per heavy atom. The lowest BCUT2D eigenvalue weighted by molar-refractivity contribution is 0.397. The van der Waals surface area contributed by atoms with E-state index in [1.54, 1.807) is 7.11 Å². The summed E-state index contributed by atoms with van der Waals surface area (Å²) in [6.45, 7) is 2.13. The monoisotopic (exact) mass is 270 g/mol. The van der Waals surface area contributed by atoms with Crippen molar-refractivity contribution < 1.29 is 4.74 Å². The molecule has 4 heteroatoms. The Bertz CT molecular complexity index is 324. The molecular formula is C11H15BrN2O. The number of pyridine rings is 1. The van der Waals surface area contributed by atoms with Gasteiger partial charge in [0, 0.05) is 24.0 Å². The van der Waals surface area contributed by atoms with Crippen LogP contribution in [-0.2, 0) is 0 Å². The summed E-state index contributed by atoms with van der Waals surface area (Å²) in [4.78, 5) is 7.40. The number of rotatable bonds is 2. The van der Waals surface area contributed by atoms with Gasteiger partial charge in [-0.15, -0.1) is 0 Å². The molecule has 1 aromatic rings. The van der Waals surface area contributed by atoms with E-state index < -0.39 is 0 Å². The third-order valence-corrected chi connectivity index (χ3v) is 3.58. The predicted molar refractivity (Wildman–Crippen MR) is 65.0 cm³/mol. The Hall–Kier alpha value is -0.770. The van der Waals surface area contributed by atoms with Crippen LogP contribution >= 0.6 is 15.9 Å². The molecule has 1 aromatic heterocycles. The van der Waals surface area contributed by atoms with Gasteiger partial charge in [0.15, 0.2) is 0 Å². The van der Waals surface area contributed by atoms with E-state index in [0.717, 1.165) is 18.9 Å². The molecule has 82 valence electrons. The van der Waals surface area contributed by atoms with Crippen molar-refractivity contribution in [2.24, 2.45) is 0 Å².